The van der Waals surface area contributed by atoms with E-state index in [2.05, 4.69) is 4.98 Å². The normalized spacial score (nSPS) is 10.6. The molecule has 0 spiro atoms. The SMILES string of the molecule is Cn1c(-c2cccc(F)c2)nc(Cl)c1CC(=O)O. The molecule has 0 radical (unpaired) electrons. The van der Waals surface area contributed by atoms with E-state index in [0.717, 1.165) is 0 Å². The first-order valence-electron chi connectivity index (χ1n) is 5.18. The molecule has 0 amide bonds. The molecule has 4 nitrogen and oxygen atoms in total. The van der Waals surface area contributed by atoms with Crippen molar-refractivity contribution in [1.29, 1.82) is 0 Å². The van der Waals surface area contributed by atoms with Gasteiger partial charge in [-0.2, -0.15) is 0 Å². The van der Waals surface area contributed by atoms with Crippen LogP contribution in [0.25, 0.3) is 11.4 Å². The Bertz CT molecular complexity index is 610. The largest absolute Gasteiger partial charge is 0.481 e. The van der Waals surface area contributed by atoms with Crippen molar-refractivity contribution in [2.24, 2.45) is 7.05 Å². The molecule has 1 N–H and O–H groups in total. The number of carboxylic acid groups (broad SMARTS) is 1. The van der Waals surface area contributed by atoms with E-state index in [1.165, 1.54) is 12.1 Å². The summed E-state index contributed by atoms with van der Waals surface area (Å²) in [7, 11) is 1.65. The first kappa shape index (κ1) is 12.6. The fourth-order valence-corrected chi connectivity index (χ4v) is 1.99. The Morgan fingerprint density at radius 1 is 1.56 bits per heavy atom. The van der Waals surface area contributed by atoms with Gasteiger partial charge in [-0.15, -0.1) is 0 Å². The number of hydrogen-bond acceptors (Lipinski definition) is 2. The zero-order chi connectivity index (χ0) is 13.3. The first-order valence-corrected chi connectivity index (χ1v) is 5.55. The second-order valence-electron chi connectivity index (χ2n) is 3.81. The van der Waals surface area contributed by atoms with E-state index < -0.39 is 5.97 Å². The summed E-state index contributed by atoms with van der Waals surface area (Å²) in [5.41, 5.74) is 0.944. The van der Waals surface area contributed by atoms with Crippen LogP contribution < -0.4 is 0 Å². The van der Waals surface area contributed by atoms with Crippen LogP contribution in [0.2, 0.25) is 5.15 Å². The van der Waals surface area contributed by atoms with Gasteiger partial charge in [0.2, 0.25) is 0 Å². The van der Waals surface area contributed by atoms with E-state index >= 15 is 0 Å². The van der Waals surface area contributed by atoms with Crippen molar-refractivity contribution < 1.29 is 14.3 Å². The summed E-state index contributed by atoms with van der Waals surface area (Å²) in [4.78, 5) is 14.8. The lowest BCUT2D eigenvalue weighted by atomic mass is 10.2. The maximum absolute atomic E-state index is 13.1. The number of benzene rings is 1. The van der Waals surface area contributed by atoms with Gasteiger partial charge in [0.25, 0.3) is 0 Å². The zero-order valence-electron chi connectivity index (χ0n) is 9.52. The van der Waals surface area contributed by atoms with Crippen LogP contribution in [0.5, 0.6) is 0 Å². The van der Waals surface area contributed by atoms with E-state index in [0.29, 0.717) is 17.1 Å². The molecule has 0 saturated heterocycles. The maximum atomic E-state index is 13.1. The van der Waals surface area contributed by atoms with Crippen molar-refractivity contribution in [1.82, 2.24) is 9.55 Å². The van der Waals surface area contributed by atoms with Crippen LogP contribution in [0.4, 0.5) is 4.39 Å². The third kappa shape index (κ3) is 2.36. The van der Waals surface area contributed by atoms with Gasteiger partial charge in [-0.05, 0) is 12.1 Å². The number of imidazole rings is 1. The van der Waals surface area contributed by atoms with E-state index in [4.69, 9.17) is 16.7 Å². The monoisotopic (exact) mass is 268 g/mol. The Morgan fingerprint density at radius 2 is 2.28 bits per heavy atom. The van der Waals surface area contributed by atoms with Gasteiger partial charge >= 0.3 is 5.97 Å². The van der Waals surface area contributed by atoms with E-state index in [-0.39, 0.29) is 17.4 Å². The third-order valence-corrected chi connectivity index (χ3v) is 2.87. The summed E-state index contributed by atoms with van der Waals surface area (Å²) in [6.07, 6.45) is -0.225. The lowest BCUT2D eigenvalue weighted by molar-refractivity contribution is -0.136. The molecule has 0 unspecified atom stereocenters. The molecule has 0 saturated carbocycles. The Morgan fingerprint density at radius 3 is 2.89 bits per heavy atom. The number of aliphatic carboxylic acids is 1. The predicted molar refractivity (Wildman–Crippen MR) is 65.0 cm³/mol. The highest BCUT2D eigenvalue weighted by Gasteiger charge is 2.17. The summed E-state index contributed by atoms with van der Waals surface area (Å²) in [5.74, 6) is -0.937. The van der Waals surface area contributed by atoms with E-state index in [1.807, 2.05) is 0 Å². The Labute approximate surface area is 108 Å². The molecule has 0 bridgehead atoms. The number of carboxylic acids is 1. The highest BCUT2D eigenvalue weighted by Crippen LogP contribution is 2.25. The van der Waals surface area contributed by atoms with Crippen molar-refractivity contribution in [2.75, 3.05) is 0 Å². The first-order chi connectivity index (χ1) is 8.49. The molecule has 2 rings (SSSR count). The Hall–Kier alpha value is -1.88. The molecule has 6 heteroatoms. The fourth-order valence-electron chi connectivity index (χ4n) is 1.72. The van der Waals surface area contributed by atoms with Crippen LogP contribution >= 0.6 is 11.6 Å². The number of carbonyl (C=O) groups is 1. The van der Waals surface area contributed by atoms with E-state index in [9.17, 15) is 9.18 Å². The lowest BCUT2D eigenvalue weighted by Gasteiger charge is -2.04. The van der Waals surface area contributed by atoms with Crippen LogP contribution in [0.15, 0.2) is 24.3 Å². The topological polar surface area (TPSA) is 55.1 Å². The zero-order valence-corrected chi connectivity index (χ0v) is 10.3. The number of nitrogens with zero attached hydrogens (tertiary/aromatic N) is 2. The van der Waals surface area contributed by atoms with E-state index in [1.54, 1.807) is 23.7 Å². The Kier molecular flexibility index (Phi) is 3.34. The van der Waals surface area contributed by atoms with Crippen molar-refractivity contribution in [3.05, 3.63) is 40.9 Å². The third-order valence-electron chi connectivity index (χ3n) is 2.57. The van der Waals surface area contributed by atoms with Crippen molar-refractivity contribution in [3.8, 4) is 11.4 Å². The molecular weight excluding hydrogens is 259 g/mol. The minimum Gasteiger partial charge on any atom is -0.481 e. The van der Waals surface area contributed by atoms with Gasteiger partial charge in [0, 0.05) is 12.6 Å². The minimum atomic E-state index is -0.995. The van der Waals surface area contributed by atoms with Gasteiger partial charge in [0.15, 0.2) is 5.15 Å². The van der Waals surface area contributed by atoms with Gasteiger partial charge in [-0.3, -0.25) is 4.79 Å². The van der Waals surface area contributed by atoms with Gasteiger partial charge in [-0.1, -0.05) is 23.7 Å². The average Bonchev–Trinajstić information content (AvgIpc) is 2.56. The fraction of sp³-hybridized carbons (Fsp3) is 0.167. The Balaban J connectivity index is 2.50. The van der Waals surface area contributed by atoms with Crippen molar-refractivity contribution in [2.45, 2.75) is 6.42 Å². The van der Waals surface area contributed by atoms with Crippen LogP contribution in [0.3, 0.4) is 0 Å². The molecular formula is C12H10ClFN2O2. The summed E-state index contributed by atoms with van der Waals surface area (Å²) in [6, 6.07) is 5.89. The molecule has 0 aliphatic heterocycles. The minimum absolute atomic E-state index is 0.124. The van der Waals surface area contributed by atoms with Crippen LogP contribution in [0.1, 0.15) is 5.69 Å². The molecule has 0 atom stereocenters. The number of halogens is 2. The molecule has 1 heterocycles. The van der Waals surface area contributed by atoms with Crippen molar-refractivity contribution in [3.63, 3.8) is 0 Å². The molecule has 0 aliphatic rings. The number of hydrogen-bond donors (Lipinski definition) is 1. The second-order valence-corrected chi connectivity index (χ2v) is 4.17. The summed E-state index contributed by atoms with van der Waals surface area (Å²) in [5, 5.41) is 8.90. The van der Waals surface area contributed by atoms with Crippen LogP contribution in [0, 0.1) is 5.82 Å². The molecule has 94 valence electrons. The van der Waals surface area contributed by atoms with Gasteiger partial charge in [-0.25, -0.2) is 9.37 Å². The maximum Gasteiger partial charge on any atom is 0.309 e. The quantitative estimate of drug-likeness (QED) is 0.931. The summed E-state index contributed by atoms with van der Waals surface area (Å²) < 4.78 is 14.7. The van der Waals surface area contributed by atoms with Crippen molar-refractivity contribution >= 4 is 17.6 Å². The second kappa shape index (κ2) is 4.78. The molecule has 0 fully saturated rings. The van der Waals surface area contributed by atoms with Gasteiger partial charge in [0.05, 0.1) is 12.1 Å². The highest BCUT2D eigenvalue weighted by atomic mass is 35.5. The molecule has 18 heavy (non-hydrogen) atoms. The van der Waals surface area contributed by atoms with Crippen LogP contribution in [-0.4, -0.2) is 20.6 Å². The standard InChI is InChI=1S/C12H10ClFN2O2/c1-16-9(6-10(17)18)11(13)15-12(16)7-3-2-4-8(14)5-7/h2-5H,6H2,1H3,(H,17,18). The summed E-state index contributed by atoms with van der Waals surface area (Å²) >= 11 is 5.89. The average molecular weight is 269 g/mol. The number of aromatic nitrogens is 2. The van der Waals surface area contributed by atoms with Crippen LogP contribution in [-0.2, 0) is 18.3 Å². The predicted octanol–water partition coefficient (Wildman–Crippen LogP) is 2.51. The summed E-state index contributed by atoms with van der Waals surface area (Å²) in [6.45, 7) is 0. The molecule has 1 aromatic heterocycles. The van der Waals surface area contributed by atoms with Gasteiger partial charge < -0.3 is 9.67 Å². The lowest BCUT2D eigenvalue weighted by Crippen LogP contribution is -2.06. The smallest absolute Gasteiger partial charge is 0.309 e. The number of rotatable bonds is 3. The molecule has 1 aromatic carbocycles. The molecule has 0 aliphatic carbocycles. The molecule has 2 aromatic rings. The van der Waals surface area contributed by atoms with Gasteiger partial charge in [0.1, 0.15) is 11.6 Å². The highest BCUT2D eigenvalue weighted by molar-refractivity contribution is 6.30.